The highest BCUT2D eigenvalue weighted by atomic mass is 32.2. The second kappa shape index (κ2) is 5.49. The van der Waals surface area contributed by atoms with Gasteiger partial charge in [-0.1, -0.05) is 18.2 Å². The predicted molar refractivity (Wildman–Crippen MR) is 46.9 cm³/mol. The first-order chi connectivity index (χ1) is 5.13. The highest BCUT2D eigenvalue weighted by Gasteiger charge is 1.72. The summed E-state index contributed by atoms with van der Waals surface area (Å²) in [6, 6.07) is 9.49. The van der Waals surface area contributed by atoms with E-state index in [0.29, 0.717) is 0 Å². The Morgan fingerprint density at radius 3 is 1.73 bits per heavy atom. The number of nitrogen functional groups attached to an aromatic ring is 1. The standard InChI is InChI=1S/C6H7N.CH2O2S/c7-6-4-2-1-3-5-6;1-4(2)3/h1-5H,7H2;1H2. The van der Waals surface area contributed by atoms with Gasteiger partial charge in [0.2, 0.25) is 10.3 Å². The molecule has 0 spiro atoms. The third-order valence-corrected chi connectivity index (χ3v) is 0.800. The van der Waals surface area contributed by atoms with E-state index in [9.17, 15) is 0 Å². The van der Waals surface area contributed by atoms with Crippen LogP contribution in [0.3, 0.4) is 0 Å². The van der Waals surface area contributed by atoms with Gasteiger partial charge in [-0.3, -0.25) is 0 Å². The summed E-state index contributed by atoms with van der Waals surface area (Å²) < 4.78 is 17.8. The lowest BCUT2D eigenvalue weighted by Crippen LogP contribution is -1.79. The molecule has 0 aromatic heterocycles. The van der Waals surface area contributed by atoms with Crippen LogP contribution in [-0.2, 0) is 10.3 Å². The molecule has 0 aliphatic carbocycles. The molecule has 0 saturated carbocycles. The fourth-order valence-corrected chi connectivity index (χ4v) is 0.453. The van der Waals surface area contributed by atoms with Gasteiger partial charge < -0.3 is 5.73 Å². The third kappa shape index (κ3) is 8.71. The normalized spacial score (nSPS) is 7.64. The van der Waals surface area contributed by atoms with Gasteiger partial charge in [-0.2, -0.15) is 8.42 Å². The quantitative estimate of drug-likeness (QED) is 0.458. The Balaban J connectivity index is 0.000000218. The van der Waals surface area contributed by atoms with E-state index in [1.807, 2.05) is 30.3 Å². The zero-order valence-corrected chi connectivity index (χ0v) is 6.71. The molecule has 3 nitrogen and oxygen atoms in total. The zero-order chi connectivity index (χ0) is 8.69. The molecule has 0 amide bonds. The number of hydrogen-bond donors (Lipinski definition) is 1. The summed E-state index contributed by atoms with van der Waals surface area (Å²) in [6.07, 6.45) is 0. The highest BCUT2D eigenvalue weighted by molar-refractivity contribution is 7.70. The molecule has 1 rings (SSSR count). The maximum Gasteiger partial charge on any atom is 0.206 e. The Labute approximate surface area is 67.0 Å². The molecule has 0 heterocycles. The van der Waals surface area contributed by atoms with Crippen molar-refractivity contribution >= 4 is 21.9 Å². The minimum Gasteiger partial charge on any atom is -0.399 e. The van der Waals surface area contributed by atoms with E-state index in [0.717, 1.165) is 5.69 Å². The average molecular weight is 171 g/mol. The van der Waals surface area contributed by atoms with Crippen LogP contribution < -0.4 is 5.73 Å². The number of anilines is 1. The van der Waals surface area contributed by atoms with Crippen molar-refractivity contribution in [1.29, 1.82) is 0 Å². The smallest absolute Gasteiger partial charge is 0.206 e. The molecule has 0 radical (unpaired) electrons. The van der Waals surface area contributed by atoms with Crippen LogP contribution in [0, 0.1) is 0 Å². The van der Waals surface area contributed by atoms with Crippen molar-refractivity contribution in [2.75, 3.05) is 5.73 Å². The van der Waals surface area contributed by atoms with Crippen LogP contribution in [0.4, 0.5) is 5.69 Å². The number of benzene rings is 1. The molecule has 0 bridgehead atoms. The Morgan fingerprint density at radius 1 is 1.18 bits per heavy atom. The van der Waals surface area contributed by atoms with Gasteiger partial charge in [-0.15, -0.1) is 0 Å². The maximum absolute atomic E-state index is 8.89. The van der Waals surface area contributed by atoms with Crippen molar-refractivity contribution < 1.29 is 8.42 Å². The molecule has 0 saturated heterocycles. The average Bonchev–Trinajstić information content (AvgIpc) is 1.87. The molecular formula is C7H9NO2S. The molecule has 4 heteroatoms. The van der Waals surface area contributed by atoms with Crippen LogP contribution in [0.5, 0.6) is 0 Å². The maximum atomic E-state index is 8.89. The summed E-state index contributed by atoms with van der Waals surface area (Å²) in [6.45, 7) is 0. The predicted octanol–water partition coefficient (Wildman–Crippen LogP) is 0.566. The van der Waals surface area contributed by atoms with Gasteiger partial charge in [0.05, 0.1) is 0 Å². The van der Waals surface area contributed by atoms with Crippen molar-refractivity contribution in [2.24, 2.45) is 0 Å². The SMILES string of the molecule is C=S(=O)=O.Nc1ccccc1. The molecule has 1 aromatic carbocycles. The Hall–Kier alpha value is -1.29. The summed E-state index contributed by atoms with van der Waals surface area (Å²) in [5.74, 6) is 2.56. The van der Waals surface area contributed by atoms with E-state index < -0.39 is 10.3 Å². The molecule has 1 aromatic rings. The van der Waals surface area contributed by atoms with Gasteiger partial charge in [0, 0.05) is 11.6 Å². The van der Waals surface area contributed by atoms with E-state index in [1.54, 1.807) is 0 Å². The number of para-hydroxylation sites is 1. The van der Waals surface area contributed by atoms with E-state index >= 15 is 0 Å². The van der Waals surface area contributed by atoms with E-state index in [4.69, 9.17) is 14.2 Å². The van der Waals surface area contributed by atoms with Crippen LogP contribution in [0.1, 0.15) is 0 Å². The number of nitrogens with two attached hydrogens (primary N) is 1. The van der Waals surface area contributed by atoms with Crippen molar-refractivity contribution in [1.82, 2.24) is 0 Å². The highest BCUT2D eigenvalue weighted by Crippen LogP contribution is 1.95. The first kappa shape index (κ1) is 9.71. The summed E-state index contributed by atoms with van der Waals surface area (Å²) in [5.41, 5.74) is 6.18. The largest absolute Gasteiger partial charge is 0.399 e. The van der Waals surface area contributed by atoms with Gasteiger partial charge in [0.25, 0.3) is 0 Å². The van der Waals surface area contributed by atoms with Gasteiger partial charge in [0.1, 0.15) is 0 Å². The lowest BCUT2D eigenvalue weighted by atomic mass is 10.3. The molecule has 0 atom stereocenters. The van der Waals surface area contributed by atoms with Crippen LogP contribution in [0.25, 0.3) is 0 Å². The van der Waals surface area contributed by atoms with Gasteiger partial charge >= 0.3 is 0 Å². The van der Waals surface area contributed by atoms with E-state index in [-0.39, 0.29) is 0 Å². The Kier molecular flexibility index (Phi) is 4.85. The minimum absolute atomic E-state index is 0.822. The van der Waals surface area contributed by atoms with Crippen LogP contribution in [0.2, 0.25) is 0 Å². The third-order valence-electron chi connectivity index (χ3n) is 0.800. The van der Waals surface area contributed by atoms with E-state index in [1.165, 1.54) is 0 Å². The molecule has 0 aliphatic heterocycles. The van der Waals surface area contributed by atoms with Gasteiger partial charge in [-0.05, 0) is 12.1 Å². The second-order valence-electron chi connectivity index (χ2n) is 1.71. The molecule has 60 valence electrons. The molecule has 2 N–H and O–H groups in total. The lowest BCUT2D eigenvalue weighted by Gasteiger charge is -1.83. The Morgan fingerprint density at radius 2 is 1.55 bits per heavy atom. The van der Waals surface area contributed by atoms with Crippen molar-refractivity contribution in [2.45, 2.75) is 0 Å². The summed E-state index contributed by atoms with van der Waals surface area (Å²) >= 11 is 0. The molecule has 11 heavy (non-hydrogen) atoms. The van der Waals surface area contributed by atoms with Gasteiger partial charge in [-0.25, -0.2) is 0 Å². The fourth-order valence-electron chi connectivity index (χ4n) is 0.453. The summed E-state index contributed by atoms with van der Waals surface area (Å²) in [5, 5.41) is 0. The fraction of sp³-hybridized carbons (Fsp3) is 0. The monoisotopic (exact) mass is 171 g/mol. The molecule has 0 fully saturated rings. The molecule has 0 aliphatic rings. The number of hydrogen-bond acceptors (Lipinski definition) is 3. The minimum atomic E-state index is -2.11. The second-order valence-corrected chi connectivity index (χ2v) is 2.32. The zero-order valence-electron chi connectivity index (χ0n) is 5.90. The topological polar surface area (TPSA) is 60.2 Å². The Bertz CT molecular complexity index is 283. The first-order valence-electron chi connectivity index (χ1n) is 2.82. The van der Waals surface area contributed by atoms with Crippen molar-refractivity contribution in [3.8, 4) is 0 Å². The molecular weight excluding hydrogens is 162 g/mol. The molecule has 0 unspecified atom stereocenters. The van der Waals surface area contributed by atoms with Crippen molar-refractivity contribution in [3.05, 3.63) is 30.3 Å². The van der Waals surface area contributed by atoms with E-state index in [2.05, 4.69) is 5.87 Å². The van der Waals surface area contributed by atoms with Crippen LogP contribution >= 0.6 is 0 Å². The lowest BCUT2D eigenvalue weighted by molar-refractivity contribution is 0.627. The first-order valence-corrected chi connectivity index (χ1v) is 4.07. The van der Waals surface area contributed by atoms with Crippen LogP contribution in [0.15, 0.2) is 30.3 Å². The summed E-state index contributed by atoms with van der Waals surface area (Å²) in [4.78, 5) is 0. The number of rotatable bonds is 0. The summed E-state index contributed by atoms with van der Waals surface area (Å²) in [7, 11) is -2.11. The van der Waals surface area contributed by atoms with Gasteiger partial charge in [0.15, 0.2) is 0 Å². The van der Waals surface area contributed by atoms with Crippen molar-refractivity contribution in [3.63, 3.8) is 0 Å². The van der Waals surface area contributed by atoms with Crippen LogP contribution in [-0.4, -0.2) is 14.3 Å².